The van der Waals surface area contributed by atoms with Crippen LogP contribution in [0.3, 0.4) is 0 Å². The second-order valence-corrected chi connectivity index (χ2v) is 4.58. The molecular weight excluding hydrogens is 240 g/mol. The summed E-state index contributed by atoms with van der Waals surface area (Å²) in [5.41, 5.74) is 9.42. The van der Waals surface area contributed by atoms with Crippen molar-refractivity contribution < 1.29 is 4.74 Å². The number of nitrogens with zero attached hydrogens (tertiary/aromatic N) is 3. The number of rotatable bonds is 2. The molecule has 0 fully saturated rings. The average molecular weight is 256 g/mol. The lowest BCUT2D eigenvalue weighted by atomic mass is 9.98. The van der Waals surface area contributed by atoms with Crippen LogP contribution in [0.5, 0.6) is 5.88 Å². The van der Waals surface area contributed by atoms with Crippen molar-refractivity contribution >= 4 is 11.5 Å². The fraction of sp³-hybridized carbons (Fsp3) is 0.286. The van der Waals surface area contributed by atoms with Crippen LogP contribution in [0.1, 0.15) is 11.1 Å². The molecule has 0 spiro atoms. The Balaban J connectivity index is 1.89. The highest BCUT2D eigenvalue weighted by Gasteiger charge is 2.19. The van der Waals surface area contributed by atoms with Crippen LogP contribution in [-0.4, -0.2) is 23.6 Å². The van der Waals surface area contributed by atoms with Crippen LogP contribution in [-0.2, 0) is 13.0 Å². The van der Waals surface area contributed by atoms with Gasteiger partial charge in [0.25, 0.3) is 0 Å². The molecule has 0 saturated carbocycles. The molecule has 3 rings (SSSR count). The van der Waals surface area contributed by atoms with Gasteiger partial charge in [0, 0.05) is 24.8 Å². The topological polar surface area (TPSA) is 64.3 Å². The number of hydrogen-bond acceptors (Lipinski definition) is 5. The lowest BCUT2D eigenvalue weighted by molar-refractivity contribution is 0.396. The summed E-state index contributed by atoms with van der Waals surface area (Å²) >= 11 is 0. The van der Waals surface area contributed by atoms with E-state index in [1.165, 1.54) is 17.5 Å². The number of fused-ring (bicyclic) bond motifs is 1. The van der Waals surface area contributed by atoms with Crippen LogP contribution in [0, 0.1) is 0 Å². The van der Waals surface area contributed by atoms with Crippen LogP contribution in [0.15, 0.2) is 30.6 Å². The summed E-state index contributed by atoms with van der Waals surface area (Å²) in [5, 5.41) is 0. The highest BCUT2D eigenvalue weighted by molar-refractivity contribution is 5.55. The molecule has 0 aliphatic carbocycles. The van der Waals surface area contributed by atoms with Gasteiger partial charge in [0.15, 0.2) is 0 Å². The van der Waals surface area contributed by atoms with E-state index >= 15 is 0 Å². The van der Waals surface area contributed by atoms with Crippen molar-refractivity contribution in [2.75, 3.05) is 24.3 Å². The zero-order chi connectivity index (χ0) is 13.2. The van der Waals surface area contributed by atoms with Gasteiger partial charge in [-0.05, 0) is 23.6 Å². The molecule has 19 heavy (non-hydrogen) atoms. The number of ether oxygens (including phenoxy) is 1. The molecule has 0 radical (unpaired) electrons. The summed E-state index contributed by atoms with van der Waals surface area (Å²) in [6.45, 7) is 1.72. The van der Waals surface area contributed by atoms with E-state index in [4.69, 9.17) is 10.5 Å². The van der Waals surface area contributed by atoms with E-state index in [1.54, 1.807) is 7.11 Å². The van der Waals surface area contributed by atoms with Gasteiger partial charge in [0.1, 0.15) is 12.1 Å². The van der Waals surface area contributed by atoms with E-state index in [-0.39, 0.29) is 0 Å². The zero-order valence-electron chi connectivity index (χ0n) is 10.8. The Morgan fingerprint density at radius 3 is 3.05 bits per heavy atom. The molecule has 2 aromatic rings. The third-order valence-electron chi connectivity index (χ3n) is 3.46. The molecule has 0 amide bonds. The van der Waals surface area contributed by atoms with Crippen molar-refractivity contribution in [3.05, 3.63) is 41.7 Å². The van der Waals surface area contributed by atoms with Crippen LogP contribution in [0.2, 0.25) is 0 Å². The third-order valence-corrected chi connectivity index (χ3v) is 3.46. The maximum absolute atomic E-state index is 6.01. The number of benzene rings is 1. The van der Waals surface area contributed by atoms with Gasteiger partial charge in [-0.3, -0.25) is 0 Å². The molecule has 2 heterocycles. The highest BCUT2D eigenvalue weighted by Crippen LogP contribution is 2.27. The minimum absolute atomic E-state index is 0.586. The van der Waals surface area contributed by atoms with Crippen LogP contribution in [0.25, 0.3) is 0 Å². The first kappa shape index (κ1) is 11.8. The first-order valence-corrected chi connectivity index (χ1v) is 6.25. The number of methoxy groups -OCH3 is 1. The molecule has 1 aromatic heterocycles. The van der Waals surface area contributed by atoms with Crippen LogP contribution >= 0.6 is 0 Å². The highest BCUT2D eigenvalue weighted by atomic mass is 16.5. The predicted molar refractivity (Wildman–Crippen MR) is 74.2 cm³/mol. The third kappa shape index (κ3) is 2.19. The molecule has 1 aliphatic rings. The fourth-order valence-corrected chi connectivity index (χ4v) is 2.45. The molecule has 5 nitrogen and oxygen atoms in total. The number of aromatic nitrogens is 2. The lowest BCUT2D eigenvalue weighted by Gasteiger charge is -2.30. The van der Waals surface area contributed by atoms with Crippen molar-refractivity contribution in [2.24, 2.45) is 0 Å². The average Bonchev–Trinajstić information content (AvgIpc) is 2.47. The van der Waals surface area contributed by atoms with Crippen molar-refractivity contribution in [3.8, 4) is 5.88 Å². The quantitative estimate of drug-likeness (QED) is 0.827. The molecule has 0 unspecified atom stereocenters. The summed E-state index contributed by atoms with van der Waals surface area (Å²) in [6.07, 6.45) is 2.47. The van der Waals surface area contributed by atoms with Crippen molar-refractivity contribution in [1.82, 2.24) is 9.97 Å². The van der Waals surface area contributed by atoms with Gasteiger partial charge in [-0.15, -0.1) is 0 Å². The Morgan fingerprint density at radius 2 is 2.21 bits per heavy atom. The Bertz CT molecular complexity index is 600. The molecule has 0 atom stereocenters. The lowest BCUT2D eigenvalue weighted by Crippen LogP contribution is -2.31. The summed E-state index contributed by atoms with van der Waals surface area (Å²) in [6, 6.07) is 7.94. The Labute approximate surface area is 112 Å². The zero-order valence-corrected chi connectivity index (χ0v) is 10.8. The minimum Gasteiger partial charge on any atom is -0.481 e. The van der Waals surface area contributed by atoms with Gasteiger partial charge in [-0.2, -0.15) is 0 Å². The second-order valence-electron chi connectivity index (χ2n) is 4.58. The Morgan fingerprint density at radius 1 is 1.32 bits per heavy atom. The second kappa shape index (κ2) is 4.76. The maximum atomic E-state index is 6.01. The van der Waals surface area contributed by atoms with Gasteiger partial charge in [0.2, 0.25) is 5.88 Å². The summed E-state index contributed by atoms with van der Waals surface area (Å²) in [4.78, 5) is 10.6. The molecule has 1 aliphatic heterocycles. The van der Waals surface area contributed by atoms with E-state index in [1.807, 2.05) is 18.2 Å². The van der Waals surface area contributed by atoms with E-state index in [0.29, 0.717) is 5.88 Å². The molecule has 2 N–H and O–H groups in total. The predicted octanol–water partition coefficient (Wildman–Crippen LogP) is 1.63. The summed E-state index contributed by atoms with van der Waals surface area (Å²) < 4.78 is 5.14. The van der Waals surface area contributed by atoms with Crippen molar-refractivity contribution in [2.45, 2.75) is 13.0 Å². The maximum Gasteiger partial charge on any atom is 0.218 e. The number of nitrogens with two attached hydrogens (primary N) is 1. The van der Waals surface area contributed by atoms with Crippen LogP contribution in [0.4, 0.5) is 11.5 Å². The van der Waals surface area contributed by atoms with Gasteiger partial charge < -0.3 is 15.4 Å². The Hall–Kier alpha value is -2.30. The first-order chi connectivity index (χ1) is 9.28. The minimum atomic E-state index is 0.586. The Kier molecular flexibility index (Phi) is 2.95. The van der Waals surface area contributed by atoms with E-state index in [2.05, 4.69) is 20.9 Å². The van der Waals surface area contributed by atoms with E-state index < -0.39 is 0 Å². The molecule has 0 bridgehead atoms. The molecule has 0 saturated heterocycles. The summed E-state index contributed by atoms with van der Waals surface area (Å²) in [5.74, 6) is 1.48. The van der Waals surface area contributed by atoms with Gasteiger partial charge in [-0.25, -0.2) is 9.97 Å². The fourth-order valence-electron chi connectivity index (χ4n) is 2.45. The molecule has 1 aromatic carbocycles. The van der Waals surface area contributed by atoms with Gasteiger partial charge >= 0.3 is 0 Å². The van der Waals surface area contributed by atoms with Crippen molar-refractivity contribution in [3.63, 3.8) is 0 Å². The molecular formula is C14H16N4O. The number of anilines is 2. The first-order valence-electron chi connectivity index (χ1n) is 6.25. The monoisotopic (exact) mass is 256 g/mol. The van der Waals surface area contributed by atoms with Gasteiger partial charge in [-0.1, -0.05) is 12.1 Å². The number of nitrogen functional groups attached to an aromatic ring is 1. The van der Waals surface area contributed by atoms with Crippen molar-refractivity contribution in [1.29, 1.82) is 0 Å². The largest absolute Gasteiger partial charge is 0.481 e. The van der Waals surface area contributed by atoms with E-state index in [0.717, 1.165) is 31.0 Å². The summed E-state index contributed by atoms with van der Waals surface area (Å²) in [7, 11) is 1.61. The van der Waals surface area contributed by atoms with E-state index in [9.17, 15) is 0 Å². The normalized spacial score (nSPS) is 14.1. The van der Waals surface area contributed by atoms with Crippen LogP contribution < -0.4 is 15.4 Å². The standard InChI is InChI=1S/C14H16N4O/c1-19-14-7-13(16-9-17-14)18-6-5-11-10(8-18)3-2-4-12(11)15/h2-4,7,9H,5-6,8,15H2,1H3. The SMILES string of the molecule is COc1cc(N2CCc3c(N)cccc3C2)ncn1. The number of hydrogen-bond donors (Lipinski definition) is 1. The van der Waals surface area contributed by atoms with Gasteiger partial charge in [0.05, 0.1) is 7.11 Å². The molecule has 98 valence electrons. The molecule has 5 heteroatoms. The smallest absolute Gasteiger partial charge is 0.218 e.